The Hall–Kier alpha value is -2.49. The molecule has 128 valence electrons. The first-order valence-electron chi connectivity index (χ1n) is 8.09. The normalized spacial score (nSPS) is 13.0. The molecule has 0 heterocycles. The van der Waals surface area contributed by atoms with Crippen LogP contribution in [0.2, 0.25) is 0 Å². The van der Waals surface area contributed by atoms with Gasteiger partial charge in [-0.1, -0.05) is 29.8 Å². The van der Waals surface area contributed by atoms with Gasteiger partial charge in [-0.15, -0.1) is 0 Å². The molecule has 24 heavy (non-hydrogen) atoms. The Morgan fingerprint density at radius 3 is 2.46 bits per heavy atom. The largest absolute Gasteiger partial charge is 0.497 e. The average Bonchev–Trinajstić information content (AvgIpc) is 2.57. The van der Waals surface area contributed by atoms with E-state index in [1.807, 2.05) is 32.9 Å². The van der Waals surface area contributed by atoms with Crippen molar-refractivity contribution in [2.24, 2.45) is 0 Å². The van der Waals surface area contributed by atoms with Gasteiger partial charge in [0.1, 0.15) is 11.5 Å². The van der Waals surface area contributed by atoms with Gasteiger partial charge in [-0.3, -0.25) is 4.79 Å². The average molecular weight is 327 g/mol. The predicted molar refractivity (Wildman–Crippen MR) is 95.6 cm³/mol. The fourth-order valence-corrected chi connectivity index (χ4v) is 2.57. The predicted octanol–water partition coefficient (Wildman–Crippen LogP) is 3.96. The van der Waals surface area contributed by atoms with Crippen LogP contribution in [0.25, 0.3) is 0 Å². The maximum absolute atomic E-state index is 12.4. The van der Waals surface area contributed by atoms with Crippen LogP contribution < -0.4 is 14.8 Å². The smallest absolute Gasteiger partial charge is 0.261 e. The third kappa shape index (κ3) is 4.51. The number of carbonyl (C=O) groups excluding carboxylic acids is 1. The van der Waals surface area contributed by atoms with Gasteiger partial charge in [-0.2, -0.15) is 0 Å². The molecule has 0 aliphatic heterocycles. The van der Waals surface area contributed by atoms with Gasteiger partial charge in [0, 0.05) is 6.07 Å². The highest BCUT2D eigenvalue weighted by Crippen LogP contribution is 2.21. The van der Waals surface area contributed by atoms with E-state index in [2.05, 4.69) is 23.5 Å². The summed E-state index contributed by atoms with van der Waals surface area (Å²) in [4.78, 5) is 12.4. The van der Waals surface area contributed by atoms with Crippen LogP contribution in [-0.4, -0.2) is 19.1 Å². The van der Waals surface area contributed by atoms with Crippen molar-refractivity contribution in [2.75, 3.05) is 7.11 Å². The number of amides is 1. The van der Waals surface area contributed by atoms with Gasteiger partial charge in [0.05, 0.1) is 13.2 Å². The molecule has 1 amide bonds. The molecule has 0 aliphatic rings. The lowest BCUT2D eigenvalue weighted by molar-refractivity contribution is -0.127. The van der Waals surface area contributed by atoms with Gasteiger partial charge in [0.15, 0.2) is 6.10 Å². The minimum atomic E-state index is -0.593. The second kappa shape index (κ2) is 7.86. The molecule has 2 atom stereocenters. The molecule has 0 spiro atoms. The Balaban J connectivity index is 2.01. The van der Waals surface area contributed by atoms with E-state index in [1.165, 1.54) is 5.56 Å². The van der Waals surface area contributed by atoms with Crippen molar-refractivity contribution < 1.29 is 14.3 Å². The minimum absolute atomic E-state index is 0.0752. The van der Waals surface area contributed by atoms with Crippen molar-refractivity contribution in [3.8, 4) is 11.5 Å². The van der Waals surface area contributed by atoms with Crippen LogP contribution in [0.3, 0.4) is 0 Å². The molecule has 2 rings (SSSR count). The Morgan fingerprint density at radius 2 is 1.75 bits per heavy atom. The fraction of sp³-hybridized carbons (Fsp3) is 0.350. The molecule has 0 fully saturated rings. The van der Waals surface area contributed by atoms with Crippen LogP contribution in [0.4, 0.5) is 0 Å². The van der Waals surface area contributed by atoms with Crippen molar-refractivity contribution in [1.82, 2.24) is 5.32 Å². The van der Waals surface area contributed by atoms with Crippen molar-refractivity contribution >= 4 is 5.91 Å². The maximum Gasteiger partial charge on any atom is 0.261 e. The van der Waals surface area contributed by atoms with Crippen molar-refractivity contribution in [1.29, 1.82) is 0 Å². The second-order valence-corrected chi connectivity index (χ2v) is 6.03. The molecular weight excluding hydrogens is 302 g/mol. The lowest BCUT2D eigenvalue weighted by Crippen LogP contribution is -2.38. The number of rotatable bonds is 6. The molecule has 0 saturated carbocycles. The first kappa shape index (κ1) is 17.9. The van der Waals surface area contributed by atoms with Gasteiger partial charge in [0.2, 0.25) is 0 Å². The Kier molecular flexibility index (Phi) is 5.85. The summed E-state index contributed by atoms with van der Waals surface area (Å²) in [6.07, 6.45) is -0.593. The van der Waals surface area contributed by atoms with Crippen LogP contribution >= 0.6 is 0 Å². The zero-order valence-electron chi connectivity index (χ0n) is 14.9. The summed E-state index contributed by atoms with van der Waals surface area (Å²) in [5, 5.41) is 3.02. The number of benzene rings is 2. The number of ether oxygens (including phenoxy) is 2. The molecule has 0 radical (unpaired) electrons. The van der Waals surface area contributed by atoms with Gasteiger partial charge >= 0.3 is 0 Å². The quantitative estimate of drug-likeness (QED) is 0.874. The number of hydrogen-bond acceptors (Lipinski definition) is 3. The summed E-state index contributed by atoms with van der Waals surface area (Å²) in [6.45, 7) is 7.82. The summed E-state index contributed by atoms with van der Waals surface area (Å²) in [7, 11) is 1.60. The first-order chi connectivity index (χ1) is 11.4. The summed E-state index contributed by atoms with van der Waals surface area (Å²) in [5.74, 6) is 1.16. The van der Waals surface area contributed by atoms with Gasteiger partial charge in [0.25, 0.3) is 5.91 Å². The lowest BCUT2D eigenvalue weighted by Gasteiger charge is -2.21. The van der Waals surface area contributed by atoms with Crippen LogP contribution in [-0.2, 0) is 4.79 Å². The van der Waals surface area contributed by atoms with Crippen LogP contribution in [0.15, 0.2) is 42.5 Å². The van der Waals surface area contributed by atoms with Gasteiger partial charge in [-0.05, 0) is 51.0 Å². The molecule has 0 aliphatic carbocycles. The van der Waals surface area contributed by atoms with E-state index in [4.69, 9.17) is 9.47 Å². The van der Waals surface area contributed by atoms with E-state index < -0.39 is 6.10 Å². The summed E-state index contributed by atoms with van der Waals surface area (Å²) < 4.78 is 10.9. The molecule has 2 aromatic rings. The highest BCUT2D eigenvalue weighted by atomic mass is 16.5. The molecule has 2 unspecified atom stereocenters. The number of hydrogen-bond donors (Lipinski definition) is 1. The lowest BCUT2D eigenvalue weighted by atomic mass is 10.00. The molecular formula is C20H25NO3. The monoisotopic (exact) mass is 327 g/mol. The fourth-order valence-electron chi connectivity index (χ4n) is 2.57. The molecule has 0 saturated heterocycles. The van der Waals surface area contributed by atoms with E-state index >= 15 is 0 Å². The second-order valence-electron chi connectivity index (χ2n) is 6.03. The Bertz CT molecular complexity index is 712. The third-order valence-corrected chi connectivity index (χ3v) is 3.98. The van der Waals surface area contributed by atoms with E-state index in [1.54, 1.807) is 26.2 Å². The molecule has 4 nitrogen and oxygen atoms in total. The number of aryl methyl sites for hydroxylation is 2. The van der Waals surface area contributed by atoms with Gasteiger partial charge < -0.3 is 14.8 Å². The number of methoxy groups -OCH3 is 1. The van der Waals surface area contributed by atoms with Crippen molar-refractivity contribution in [3.63, 3.8) is 0 Å². The van der Waals surface area contributed by atoms with E-state index in [9.17, 15) is 4.79 Å². The first-order valence-corrected chi connectivity index (χ1v) is 8.09. The number of carbonyl (C=O) groups is 1. The summed E-state index contributed by atoms with van der Waals surface area (Å²) in [6, 6.07) is 13.4. The van der Waals surface area contributed by atoms with Crippen LogP contribution in [0, 0.1) is 13.8 Å². The Morgan fingerprint density at radius 1 is 1.04 bits per heavy atom. The van der Waals surface area contributed by atoms with E-state index in [-0.39, 0.29) is 11.9 Å². The third-order valence-electron chi connectivity index (χ3n) is 3.98. The standard InChI is InChI=1S/C20H25NO3/c1-13-9-10-14(2)19(11-13)15(3)21-20(22)16(4)24-18-8-6-7-17(12-18)23-5/h6-12,15-16H,1-5H3,(H,21,22). The zero-order chi connectivity index (χ0) is 17.7. The SMILES string of the molecule is COc1cccc(OC(C)C(=O)NC(C)c2cc(C)ccc2C)c1. The maximum atomic E-state index is 12.4. The topological polar surface area (TPSA) is 47.6 Å². The molecule has 1 N–H and O–H groups in total. The van der Waals surface area contributed by atoms with Crippen molar-refractivity contribution in [3.05, 3.63) is 59.2 Å². The number of nitrogens with one attached hydrogen (secondary N) is 1. The minimum Gasteiger partial charge on any atom is -0.497 e. The van der Waals surface area contributed by atoms with E-state index in [0.29, 0.717) is 11.5 Å². The highest BCUT2D eigenvalue weighted by molar-refractivity contribution is 5.81. The molecule has 0 bridgehead atoms. The molecule has 4 heteroatoms. The van der Waals surface area contributed by atoms with Gasteiger partial charge in [-0.25, -0.2) is 0 Å². The van der Waals surface area contributed by atoms with E-state index in [0.717, 1.165) is 11.1 Å². The van der Waals surface area contributed by atoms with Crippen molar-refractivity contribution in [2.45, 2.75) is 39.8 Å². The highest BCUT2D eigenvalue weighted by Gasteiger charge is 2.19. The molecule has 2 aromatic carbocycles. The summed E-state index contributed by atoms with van der Waals surface area (Å²) >= 11 is 0. The van der Waals surface area contributed by atoms with Crippen LogP contribution in [0.1, 0.15) is 36.6 Å². The molecule has 0 aromatic heterocycles. The Labute approximate surface area is 143 Å². The zero-order valence-corrected chi connectivity index (χ0v) is 14.9. The van der Waals surface area contributed by atoms with Crippen LogP contribution in [0.5, 0.6) is 11.5 Å². The summed E-state index contributed by atoms with van der Waals surface area (Å²) in [5.41, 5.74) is 3.46.